The number of rotatable bonds is 4. The van der Waals surface area contributed by atoms with Crippen molar-refractivity contribution in [2.45, 2.75) is 13.5 Å². The van der Waals surface area contributed by atoms with Crippen molar-refractivity contribution >= 4 is 23.6 Å². The van der Waals surface area contributed by atoms with Crippen molar-refractivity contribution < 1.29 is 4.79 Å². The maximum Gasteiger partial charge on any atom is 0.150 e. The predicted octanol–water partition coefficient (Wildman–Crippen LogP) is 4.10. The fourth-order valence-corrected chi connectivity index (χ4v) is 2.29. The largest absolute Gasteiger partial charge is 0.369 e. The van der Waals surface area contributed by atoms with Crippen LogP contribution in [0.15, 0.2) is 42.5 Å². The quantitative estimate of drug-likeness (QED) is 0.782. The molecule has 2 aromatic carbocycles. The molecular weight excluding hydrogens is 258 g/mol. The van der Waals surface area contributed by atoms with Crippen molar-refractivity contribution in [2.75, 3.05) is 11.9 Å². The van der Waals surface area contributed by atoms with E-state index in [0.29, 0.717) is 10.6 Å². The maximum atomic E-state index is 10.7. The molecule has 0 amide bonds. The van der Waals surface area contributed by atoms with Crippen LogP contribution in [0.2, 0.25) is 5.02 Å². The SMILES string of the molecule is Cc1ccc(CN(C)c2ccc(C=O)cc2Cl)cc1. The summed E-state index contributed by atoms with van der Waals surface area (Å²) in [7, 11) is 1.99. The van der Waals surface area contributed by atoms with Gasteiger partial charge in [-0.15, -0.1) is 0 Å². The third-order valence-corrected chi connectivity index (χ3v) is 3.36. The van der Waals surface area contributed by atoms with Gasteiger partial charge in [0.2, 0.25) is 0 Å². The van der Waals surface area contributed by atoms with Crippen molar-refractivity contribution in [1.82, 2.24) is 0 Å². The number of hydrogen-bond donors (Lipinski definition) is 0. The molecule has 0 aliphatic rings. The van der Waals surface area contributed by atoms with Gasteiger partial charge >= 0.3 is 0 Å². The van der Waals surface area contributed by atoms with E-state index < -0.39 is 0 Å². The van der Waals surface area contributed by atoms with Crippen LogP contribution in [0.1, 0.15) is 21.5 Å². The summed E-state index contributed by atoms with van der Waals surface area (Å²) in [5.41, 5.74) is 3.99. The number of halogens is 1. The van der Waals surface area contributed by atoms with Gasteiger partial charge in [-0.3, -0.25) is 4.79 Å². The van der Waals surface area contributed by atoms with Crippen molar-refractivity contribution in [2.24, 2.45) is 0 Å². The van der Waals surface area contributed by atoms with E-state index in [0.717, 1.165) is 18.5 Å². The first kappa shape index (κ1) is 13.6. The molecule has 3 heteroatoms. The summed E-state index contributed by atoms with van der Waals surface area (Å²) in [6.45, 7) is 2.85. The molecule has 0 spiro atoms. The molecule has 98 valence electrons. The summed E-state index contributed by atoms with van der Waals surface area (Å²) in [4.78, 5) is 12.8. The van der Waals surface area contributed by atoms with E-state index in [9.17, 15) is 4.79 Å². The topological polar surface area (TPSA) is 20.3 Å². The van der Waals surface area contributed by atoms with E-state index in [1.54, 1.807) is 12.1 Å². The molecule has 2 rings (SSSR count). The van der Waals surface area contributed by atoms with Crippen molar-refractivity contribution in [1.29, 1.82) is 0 Å². The van der Waals surface area contributed by atoms with Gasteiger partial charge in [-0.25, -0.2) is 0 Å². The van der Waals surface area contributed by atoms with Gasteiger partial charge in [0.25, 0.3) is 0 Å². The van der Waals surface area contributed by atoms with Gasteiger partial charge in [0, 0.05) is 19.2 Å². The van der Waals surface area contributed by atoms with E-state index in [-0.39, 0.29) is 0 Å². The minimum atomic E-state index is 0.595. The first-order valence-electron chi connectivity index (χ1n) is 6.11. The molecule has 2 aromatic rings. The lowest BCUT2D eigenvalue weighted by atomic mass is 10.1. The zero-order valence-corrected chi connectivity index (χ0v) is 11.8. The highest BCUT2D eigenvalue weighted by Gasteiger charge is 2.07. The molecule has 0 radical (unpaired) electrons. The second kappa shape index (κ2) is 5.89. The van der Waals surface area contributed by atoms with Crippen LogP contribution in [0.5, 0.6) is 0 Å². The number of benzene rings is 2. The number of aldehydes is 1. The Kier molecular flexibility index (Phi) is 4.23. The average molecular weight is 274 g/mol. The number of carbonyl (C=O) groups is 1. The summed E-state index contributed by atoms with van der Waals surface area (Å²) >= 11 is 6.19. The third kappa shape index (κ3) is 3.36. The van der Waals surface area contributed by atoms with E-state index in [4.69, 9.17) is 11.6 Å². The van der Waals surface area contributed by atoms with E-state index in [2.05, 4.69) is 36.1 Å². The monoisotopic (exact) mass is 273 g/mol. The van der Waals surface area contributed by atoms with Crippen LogP contribution in [0.4, 0.5) is 5.69 Å². The summed E-state index contributed by atoms with van der Waals surface area (Å²) in [5, 5.41) is 0.596. The lowest BCUT2D eigenvalue weighted by molar-refractivity contribution is 0.112. The highest BCUT2D eigenvalue weighted by molar-refractivity contribution is 6.33. The standard InChI is InChI=1S/C16H16ClNO/c1-12-3-5-13(6-4-12)10-18(2)16-8-7-14(11-19)9-15(16)17/h3-9,11H,10H2,1-2H3. The van der Waals surface area contributed by atoms with Crippen LogP contribution in [0.3, 0.4) is 0 Å². The summed E-state index contributed by atoms with van der Waals surface area (Å²) in [5.74, 6) is 0. The fourth-order valence-electron chi connectivity index (χ4n) is 1.96. The first-order valence-corrected chi connectivity index (χ1v) is 6.49. The van der Waals surface area contributed by atoms with Crippen LogP contribution < -0.4 is 4.90 Å². The Hall–Kier alpha value is -1.80. The Labute approximate surface area is 118 Å². The molecule has 0 bridgehead atoms. The minimum Gasteiger partial charge on any atom is -0.369 e. The van der Waals surface area contributed by atoms with E-state index in [1.165, 1.54) is 11.1 Å². The molecule has 2 nitrogen and oxygen atoms in total. The second-order valence-electron chi connectivity index (χ2n) is 4.67. The smallest absolute Gasteiger partial charge is 0.150 e. The molecule has 0 aliphatic heterocycles. The van der Waals surface area contributed by atoms with Gasteiger partial charge in [0.1, 0.15) is 6.29 Å². The van der Waals surface area contributed by atoms with Crippen LogP contribution in [0, 0.1) is 6.92 Å². The van der Waals surface area contributed by atoms with Gasteiger partial charge < -0.3 is 4.90 Å². The number of hydrogen-bond acceptors (Lipinski definition) is 2. The molecule has 0 N–H and O–H groups in total. The number of anilines is 1. The fraction of sp³-hybridized carbons (Fsp3) is 0.188. The molecule has 0 saturated carbocycles. The molecule has 0 unspecified atom stereocenters. The molecule has 0 aliphatic carbocycles. The highest BCUT2D eigenvalue weighted by atomic mass is 35.5. The van der Waals surface area contributed by atoms with Gasteiger partial charge in [-0.05, 0) is 30.7 Å². The second-order valence-corrected chi connectivity index (χ2v) is 5.08. The van der Waals surface area contributed by atoms with E-state index in [1.807, 2.05) is 13.1 Å². The first-order chi connectivity index (χ1) is 9.10. The van der Waals surface area contributed by atoms with Crippen molar-refractivity contribution in [3.8, 4) is 0 Å². The normalized spacial score (nSPS) is 10.3. The van der Waals surface area contributed by atoms with Crippen LogP contribution in [-0.4, -0.2) is 13.3 Å². The molecule has 0 fully saturated rings. The van der Waals surface area contributed by atoms with Gasteiger partial charge in [-0.1, -0.05) is 41.4 Å². The Bertz CT molecular complexity index is 578. The minimum absolute atomic E-state index is 0.595. The molecule has 0 aromatic heterocycles. The van der Waals surface area contributed by atoms with Gasteiger partial charge in [0.15, 0.2) is 0 Å². The van der Waals surface area contributed by atoms with Crippen molar-refractivity contribution in [3.63, 3.8) is 0 Å². The van der Waals surface area contributed by atoms with Crippen LogP contribution in [0.25, 0.3) is 0 Å². The molecule has 0 heterocycles. The Morgan fingerprint density at radius 2 is 1.84 bits per heavy atom. The number of carbonyl (C=O) groups excluding carboxylic acids is 1. The zero-order chi connectivity index (χ0) is 13.8. The summed E-state index contributed by atoms with van der Waals surface area (Å²) in [6.07, 6.45) is 0.801. The molecule has 0 atom stereocenters. The van der Waals surface area contributed by atoms with Gasteiger partial charge in [0.05, 0.1) is 10.7 Å². The molecular formula is C16H16ClNO. The molecule has 0 saturated heterocycles. The summed E-state index contributed by atoms with van der Waals surface area (Å²) in [6, 6.07) is 13.8. The third-order valence-electron chi connectivity index (χ3n) is 3.06. The number of aryl methyl sites for hydroxylation is 1. The van der Waals surface area contributed by atoms with Gasteiger partial charge in [-0.2, -0.15) is 0 Å². The highest BCUT2D eigenvalue weighted by Crippen LogP contribution is 2.26. The number of nitrogens with zero attached hydrogens (tertiary/aromatic N) is 1. The van der Waals surface area contributed by atoms with E-state index >= 15 is 0 Å². The Morgan fingerprint density at radius 3 is 2.42 bits per heavy atom. The van der Waals surface area contributed by atoms with Crippen LogP contribution in [-0.2, 0) is 6.54 Å². The Morgan fingerprint density at radius 1 is 1.16 bits per heavy atom. The maximum absolute atomic E-state index is 10.7. The summed E-state index contributed by atoms with van der Waals surface area (Å²) < 4.78 is 0. The lowest BCUT2D eigenvalue weighted by Gasteiger charge is -2.21. The Balaban J connectivity index is 2.17. The predicted molar refractivity (Wildman–Crippen MR) is 80.1 cm³/mol. The van der Waals surface area contributed by atoms with Crippen molar-refractivity contribution in [3.05, 3.63) is 64.2 Å². The molecule has 19 heavy (non-hydrogen) atoms. The lowest BCUT2D eigenvalue weighted by Crippen LogP contribution is -2.16. The van der Waals surface area contributed by atoms with Crippen LogP contribution >= 0.6 is 11.6 Å². The average Bonchev–Trinajstić information content (AvgIpc) is 2.41. The zero-order valence-electron chi connectivity index (χ0n) is 11.1.